The number of esters is 3. The quantitative estimate of drug-likeness (QED) is 0.0261. The third kappa shape index (κ3) is 56.9. The van der Waals surface area contributed by atoms with E-state index in [-0.39, 0.29) is 37.5 Å². The molecule has 6 nitrogen and oxygen atoms in total. The van der Waals surface area contributed by atoms with Crippen LogP contribution < -0.4 is 0 Å². The number of hydrogen-bond acceptors (Lipinski definition) is 6. The summed E-state index contributed by atoms with van der Waals surface area (Å²) in [4.78, 5) is 38.2. The van der Waals surface area contributed by atoms with Crippen molar-refractivity contribution in [2.45, 2.75) is 271 Å². The topological polar surface area (TPSA) is 78.9 Å². The Morgan fingerprint density at radius 2 is 0.577 bits per heavy atom. The Hall–Kier alpha value is -3.93. The van der Waals surface area contributed by atoms with Gasteiger partial charge in [-0.3, -0.25) is 14.4 Å². The second-order valence-corrected chi connectivity index (χ2v) is 19.2. The van der Waals surface area contributed by atoms with Crippen molar-refractivity contribution in [3.63, 3.8) is 0 Å². The molecule has 0 fully saturated rings. The summed E-state index contributed by atoms with van der Waals surface area (Å²) in [6.07, 6.45) is 79.4. The first-order valence-electron chi connectivity index (χ1n) is 29.4. The molecule has 0 saturated heterocycles. The molecule has 0 spiro atoms. The monoisotopic (exact) mass is 985 g/mol. The van der Waals surface area contributed by atoms with Crippen LogP contribution in [0.25, 0.3) is 0 Å². The second-order valence-electron chi connectivity index (χ2n) is 19.2. The summed E-state index contributed by atoms with van der Waals surface area (Å²) in [6.45, 7) is 6.43. The first-order valence-corrected chi connectivity index (χ1v) is 29.4. The standard InChI is InChI=1S/C65H108O6/c1-4-7-10-13-16-19-22-25-28-31-33-35-37-40-43-46-49-52-55-58-64(67)70-61-62(60-69-63(66)57-54-51-48-45-42-39-36-30-27-24-21-18-15-12-9-6-3)71-65(68)59-56-53-50-47-44-41-38-34-32-29-26-23-20-17-14-11-8-5-2/h7,10,16,19,21,24-25,28-30,32-33,35-36,40,43,49,52,62H,4-6,8-9,11-15,17-18,20,22-23,26-27,31,34,37-39,41-42,44-48,50-51,53-61H2,1-3H3/b10-7-,19-16-,24-21-,28-25-,32-29-,35-33-,36-30-,43-40-,52-49-. The first kappa shape index (κ1) is 67.1. The molecule has 0 heterocycles. The number of ether oxygens (including phenoxy) is 3. The minimum absolute atomic E-state index is 0.111. The van der Waals surface area contributed by atoms with Crippen LogP contribution in [0.15, 0.2) is 109 Å². The van der Waals surface area contributed by atoms with Crippen LogP contribution in [0.4, 0.5) is 0 Å². The van der Waals surface area contributed by atoms with Crippen LogP contribution in [-0.4, -0.2) is 37.2 Å². The molecule has 404 valence electrons. The molecular weight excluding hydrogens is 877 g/mol. The van der Waals surface area contributed by atoms with Crippen LogP contribution in [0.2, 0.25) is 0 Å². The third-order valence-corrected chi connectivity index (χ3v) is 12.2. The van der Waals surface area contributed by atoms with E-state index < -0.39 is 6.10 Å². The molecule has 0 N–H and O–H groups in total. The number of hydrogen-bond donors (Lipinski definition) is 0. The number of carbonyl (C=O) groups excluding carboxylic acids is 3. The molecule has 0 bridgehead atoms. The molecule has 0 aliphatic rings. The van der Waals surface area contributed by atoms with Gasteiger partial charge in [-0.15, -0.1) is 0 Å². The Labute approximate surface area is 438 Å². The molecular formula is C65H108O6. The Morgan fingerprint density at radius 1 is 0.296 bits per heavy atom. The normalized spacial score (nSPS) is 12.9. The van der Waals surface area contributed by atoms with E-state index in [1.807, 2.05) is 6.08 Å². The fraction of sp³-hybridized carbons (Fsp3) is 0.677. The van der Waals surface area contributed by atoms with Gasteiger partial charge in [0.05, 0.1) is 0 Å². The minimum atomic E-state index is -0.819. The van der Waals surface area contributed by atoms with Crippen molar-refractivity contribution in [3.05, 3.63) is 109 Å². The zero-order valence-electron chi connectivity index (χ0n) is 46.2. The highest BCUT2D eigenvalue weighted by Gasteiger charge is 2.19. The lowest BCUT2D eigenvalue weighted by molar-refractivity contribution is -0.166. The van der Waals surface area contributed by atoms with E-state index in [4.69, 9.17) is 14.2 Å². The smallest absolute Gasteiger partial charge is 0.306 e. The molecule has 0 amide bonds. The van der Waals surface area contributed by atoms with Crippen LogP contribution >= 0.6 is 0 Å². The molecule has 1 atom stereocenters. The molecule has 0 aliphatic heterocycles. The maximum Gasteiger partial charge on any atom is 0.306 e. The van der Waals surface area contributed by atoms with Gasteiger partial charge in [-0.2, -0.15) is 0 Å². The molecule has 71 heavy (non-hydrogen) atoms. The van der Waals surface area contributed by atoms with Crippen molar-refractivity contribution in [1.29, 1.82) is 0 Å². The van der Waals surface area contributed by atoms with Crippen molar-refractivity contribution >= 4 is 17.9 Å². The summed E-state index contributed by atoms with van der Waals surface area (Å²) in [7, 11) is 0. The van der Waals surface area contributed by atoms with E-state index in [2.05, 4.69) is 124 Å². The van der Waals surface area contributed by atoms with Gasteiger partial charge in [0.1, 0.15) is 13.2 Å². The van der Waals surface area contributed by atoms with E-state index >= 15 is 0 Å². The van der Waals surface area contributed by atoms with Gasteiger partial charge in [0, 0.05) is 19.3 Å². The predicted octanol–water partition coefficient (Wildman–Crippen LogP) is 19.9. The molecule has 0 aliphatic carbocycles. The lowest BCUT2D eigenvalue weighted by atomic mass is 10.1. The highest BCUT2D eigenvalue weighted by atomic mass is 16.6. The Morgan fingerprint density at radius 3 is 0.972 bits per heavy atom. The number of allylic oxidation sites excluding steroid dienone is 18. The summed E-state index contributed by atoms with van der Waals surface area (Å²) in [5.74, 6) is -1.01. The van der Waals surface area contributed by atoms with Gasteiger partial charge in [-0.1, -0.05) is 239 Å². The first-order chi connectivity index (χ1) is 35.0. The average molecular weight is 986 g/mol. The largest absolute Gasteiger partial charge is 0.462 e. The highest BCUT2D eigenvalue weighted by molar-refractivity contribution is 5.71. The van der Waals surface area contributed by atoms with Crippen LogP contribution in [0.1, 0.15) is 265 Å². The predicted molar refractivity (Wildman–Crippen MR) is 307 cm³/mol. The lowest BCUT2D eigenvalue weighted by Gasteiger charge is -2.18. The summed E-state index contributed by atoms with van der Waals surface area (Å²) in [6, 6.07) is 0. The van der Waals surface area contributed by atoms with E-state index in [0.717, 1.165) is 103 Å². The van der Waals surface area contributed by atoms with Crippen molar-refractivity contribution in [1.82, 2.24) is 0 Å². The van der Waals surface area contributed by atoms with E-state index in [1.54, 1.807) is 0 Å². The van der Waals surface area contributed by atoms with Crippen molar-refractivity contribution < 1.29 is 28.6 Å². The average Bonchev–Trinajstić information content (AvgIpc) is 3.37. The zero-order valence-corrected chi connectivity index (χ0v) is 46.2. The summed E-state index contributed by atoms with van der Waals surface area (Å²) in [5, 5.41) is 0. The summed E-state index contributed by atoms with van der Waals surface area (Å²) in [5.41, 5.74) is 0. The number of rotatable bonds is 52. The number of carbonyl (C=O) groups is 3. The fourth-order valence-electron chi connectivity index (χ4n) is 7.85. The fourth-order valence-corrected chi connectivity index (χ4v) is 7.85. The minimum Gasteiger partial charge on any atom is -0.462 e. The molecule has 0 aromatic heterocycles. The molecule has 1 unspecified atom stereocenters. The van der Waals surface area contributed by atoms with Crippen molar-refractivity contribution in [2.24, 2.45) is 0 Å². The maximum absolute atomic E-state index is 12.9. The van der Waals surface area contributed by atoms with Gasteiger partial charge in [0.25, 0.3) is 0 Å². The third-order valence-electron chi connectivity index (χ3n) is 12.2. The Kier molecular flexibility index (Phi) is 55.4. The second kappa shape index (κ2) is 58.6. The Bertz CT molecular complexity index is 1460. The zero-order chi connectivity index (χ0) is 51.4. The van der Waals surface area contributed by atoms with E-state index in [9.17, 15) is 14.4 Å². The van der Waals surface area contributed by atoms with Crippen LogP contribution in [0, 0.1) is 0 Å². The van der Waals surface area contributed by atoms with Gasteiger partial charge in [-0.05, 0) is 116 Å². The van der Waals surface area contributed by atoms with Crippen molar-refractivity contribution in [2.75, 3.05) is 13.2 Å². The molecule has 0 aromatic rings. The summed E-state index contributed by atoms with van der Waals surface area (Å²) >= 11 is 0. The van der Waals surface area contributed by atoms with Crippen molar-refractivity contribution in [3.8, 4) is 0 Å². The molecule has 0 radical (unpaired) electrons. The lowest BCUT2D eigenvalue weighted by Crippen LogP contribution is -2.30. The van der Waals surface area contributed by atoms with Gasteiger partial charge < -0.3 is 14.2 Å². The van der Waals surface area contributed by atoms with Crippen LogP contribution in [0.5, 0.6) is 0 Å². The molecule has 0 rings (SSSR count). The van der Waals surface area contributed by atoms with Crippen LogP contribution in [0.3, 0.4) is 0 Å². The molecule has 6 heteroatoms. The van der Waals surface area contributed by atoms with E-state index in [1.165, 1.54) is 116 Å². The van der Waals surface area contributed by atoms with Gasteiger partial charge in [0.2, 0.25) is 0 Å². The maximum atomic E-state index is 12.9. The van der Waals surface area contributed by atoms with E-state index in [0.29, 0.717) is 19.3 Å². The SMILES string of the molecule is CC/C=C\C/C=C\C/C=C\C/C=C\C/C=C\C/C=C\CCC(=O)OCC(COC(=O)CCCCCCC/C=C\C/C=C\CCCCCC)OC(=O)CCCCCCCCC/C=C\CCCCCCCCC. The van der Waals surface area contributed by atoms with Crippen LogP contribution in [-0.2, 0) is 28.6 Å². The van der Waals surface area contributed by atoms with Gasteiger partial charge >= 0.3 is 17.9 Å². The summed E-state index contributed by atoms with van der Waals surface area (Å²) < 4.78 is 16.8. The molecule has 0 saturated carbocycles. The van der Waals surface area contributed by atoms with Gasteiger partial charge in [0.15, 0.2) is 6.10 Å². The highest BCUT2D eigenvalue weighted by Crippen LogP contribution is 2.14. The van der Waals surface area contributed by atoms with Gasteiger partial charge in [-0.25, -0.2) is 0 Å². The number of unbranched alkanes of at least 4 members (excludes halogenated alkanes) is 23. The Balaban J connectivity index is 4.53. The molecule has 0 aromatic carbocycles.